The minimum Gasteiger partial charge on any atom is -0.493 e. The highest BCUT2D eigenvalue weighted by Gasteiger charge is 2.32. The lowest BCUT2D eigenvalue weighted by Gasteiger charge is -2.31. The summed E-state index contributed by atoms with van der Waals surface area (Å²) >= 11 is 0. The molecule has 0 radical (unpaired) electrons. The number of hydrogen-bond donors (Lipinski definition) is 2. The number of aromatic nitrogens is 4. The maximum Gasteiger partial charge on any atom is 0.416 e. The smallest absolute Gasteiger partial charge is 0.416 e. The molecule has 1 aliphatic heterocycles. The average Bonchev–Trinajstić information content (AvgIpc) is 3.37. The second-order valence-corrected chi connectivity index (χ2v) is 9.75. The standard InChI is InChI=1S/C28H27F4N7O4/c1-3-43-19-12-16(26(40)36-20-13-17(6-7-34-20)28(30,31)32)11-18(29)21(19)22-23-24(33)35-8-10-39(23)25(37-22)15-5-4-9-38(14-15)27(41)42-2/h6-8,10-13,15H,3-5,9,14H2,1-2H3,(H2,33,35)(H,34,36,40). The van der Waals surface area contributed by atoms with Gasteiger partial charge in [0.15, 0.2) is 0 Å². The number of piperidine rings is 1. The average molecular weight is 602 g/mol. The Labute approximate surface area is 242 Å². The molecule has 2 amide bonds. The van der Waals surface area contributed by atoms with Gasteiger partial charge in [0, 0.05) is 43.2 Å². The van der Waals surface area contributed by atoms with Crippen LogP contribution in [0.25, 0.3) is 16.8 Å². The number of benzene rings is 1. The normalized spacial score (nSPS) is 15.4. The van der Waals surface area contributed by atoms with Crippen LogP contribution in [0.2, 0.25) is 0 Å². The number of ether oxygens (including phenoxy) is 2. The number of methoxy groups -OCH3 is 1. The van der Waals surface area contributed by atoms with Crippen LogP contribution in [0.3, 0.4) is 0 Å². The van der Waals surface area contributed by atoms with Gasteiger partial charge < -0.3 is 25.4 Å². The molecule has 1 unspecified atom stereocenters. The van der Waals surface area contributed by atoms with Crippen LogP contribution in [0, 0.1) is 5.82 Å². The third-order valence-corrected chi connectivity index (χ3v) is 7.01. The Morgan fingerprint density at radius 3 is 2.70 bits per heavy atom. The van der Waals surface area contributed by atoms with E-state index in [0.29, 0.717) is 43.3 Å². The molecule has 4 aromatic rings. The highest BCUT2D eigenvalue weighted by atomic mass is 19.4. The molecule has 1 saturated heterocycles. The summed E-state index contributed by atoms with van der Waals surface area (Å²) in [5.74, 6) is -1.84. The summed E-state index contributed by atoms with van der Waals surface area (Å²) in [4.78, 5) is 39.4. The Kier molecular flexibility index (Phi) is 8.06. The highest BCUT2D eigenvalue weighted by molar-refractivity contribution is 6.05. The molecule has 43 heavy (non-hydrogen) atoms. The van der Waals surface area contributed by atoms with Gasteiger partial charge in [-0.05, 0) is 44.0 Å². The summed E-state index contributed by atoms with van der Waals surface area (Å²) in [6.45, 7) is 2.59. The number of alkyl halides is 3. The van der Waals surface area contributed by atoms with Gasteiger partial charge in [0.25, 0.3) is 5.91 Å². The van der Waals surface area contributed by atoms with E-state index in [1.165, 1.54) is 19.4 Å². The number of nitrogens with two attached hydrogens (primary N) is 1. The highest BCUT2D eigenvalue weighted by Crippen LogP contribution is 2.40. The molecule has 1 fully saturated rings. The summed E-state index contributed by atoms with van der Waals surface area (Å²) in [5, 5.41) is 2.27. The summed E-state index contributed by atoms with van der Waals surface area (Å²) in [5.41, 5.74) is 5.35. The van der Waals surface area contributed by atoms with Gasteiger partial charge in [0.05, 0.1) is 24.8 Å². The molecule has 0 aliphatic carbocycles. The van der Waals surface area contributed by atoms with Crippen molar-refractivity contribution in [2.45, 2.75) is 31.9 Å². The largest absolute Gasteiger partial charge is 0.493 e. The summed E-state index contributed by atoms with van der Waals surface area (Å²) in [6.07, 6.45) is 0.293. The molecule has 1 aromatic carbocycles. The Morgan fingerprint density at radius 1 is 1.19 bits per heavy atom. The van der Waals surface area contributed by atoms with Crippen LogP contribution in [-0.2, 0) is 10.9 Å². The van der Waals surface area contributed by atoms with Crippen LogP contribution in [0.1, 0.15) is 47.4 Å². The number of halogens is 4. The van der Waals surface area contributed by atoms with Gasteiger partial charge in [-0.15, -0.1) is 0 Å². The van der Waals surface area contributed by atoms with Crippen molar-refractivity contribution in [1.29, 1.82) is 0 Å². The first-order valence-electron chi connectivity index (χ1n) is 13.3. The Bertz CT molecular complexity index is 1690. The number of imidazole rings is 1. The SMILES string of the molecule is CCOc1cc(C(=O)Nc2cc(C(F)(F)F)ccn2)cc(F)c1-c1nc(C2CCCN(C(=O)OC)C2)n2ccnc(N)c12. The van der Waals surface area contributed by atoms with E-state index in [2.05, 4.69) is 15.3 Å². The van der Waals surface area contributed by atoms with Crippen LogP contribution in [0.4, 0.5) is 34.0 Å². The van der Waals surface area contributed by atoms with E-state index in [1.54, 1.807) is 22.4 Å². The van der Waals surface area contributed by atoms with Crippen LogP contribution >= 0.6 is 0 Å². The van der Waals surface area contributed by atoms with E-state index in [9.17, 15) is 22.8 Å². The van der Waals surface area contributed by atoms with Crippen LogP contribution in [-0.4, -0.2) is 63.1 Å². The zero-order chi connectivity index (χ0) is 30.9. The van der Waals surface area contributed by atoms with Crippen LogP contribution in [0.15, 0.2) is 42.9 Å². The molecule has 4 heterocycles. The predicted molar refractivity (Wildman–Crippen MR) is 147 cm³/mol. The van der Waals surface area contributed by atoms with E-state index >= 15 is 4.39 Å². The first kappa shape index (κ1) is 29.5. The van der Waals surface area contributed by atoms with Crippen molar-refractivity contribution in [3.63, 3.8) is 0 Å². The zero-order valence-corrected chi connectivity index (χ0v) is 23.1. The monoisotopic (exact) mass is 601 g/mol. The van der Waals surface area contributed by atoms with E-state index in [1.807, 2.05) is 0 Å². The number of rotatable bonds is 6. The molecule has 15 heteroatoms. The summed E-state index contributed by atoms with van der Waals surface area (Å²) in [7, 11) is 1.30. The Morgan fingerprint density at radius 2 is 1.98 bits per heavy atom. The van der Waals surface area contributed by atoms with Crippen LogP contribution in [0.5, 0.6) is 5.75 Å². The molecule has 226 valence electrons. The summed E-state index contributed by atoms with van der Waals surface area (Å²) in [6, 6.07) is 3.63. The molecule has 5 rings (SSSR count). The third kappa shape index (κ3) is 5.87. The number of nitrogens with one attached hydrogen (secondary N) is 1. The second kappa shape index (κ2) is 11.7. The van der Waals surface area contributed by atoms with E-state index < -0.39 is 29.6 Å². The number of nitrogen functional groups attached to an aromatic ring is 1. The first-order chi connectivity index (χ1) is 20.5. The van der Waals surface area contributed by atoms with Gasteiger partial charge in [-0.3, -0.25) is 9.20 Å². The topological polar surface area (TPSA) is 137 Å². The van der Waals surface area contributed by atoms with Crippen molar-refractivity contribution in [2.75, 3.05) is 37.9 Å². The maximum absolute atomic E-state index is 16.0. The maximum atomic E-state index is 16.0. The molecule has 11 nitrogen and oxygen atoms in total. The molecule has 0 saturated carbocycles. The molecule has 3 N–H and O–H groups in total. The quantitative estimate of drug-likeness (QED) is 0.291. The number of carbonyl (C=O) groups is 2. The van der Waals surface area contributed by atoms with Gasteiger partial charge in [0.1, 0.15) is 40.2 Å². The lowest BCUT2D eigenvalue weighted by atomic mass is 9.97. The third-order valence-electron chi connectivity index (χ3n) is 7.01. The van der Waals surface area contributed by atoms with Gasteiger partial charge in [-0.2, -0.15) is 13.2 Å². The molecule has 0 bridgehead atoms. The zero-order valence-electron chi connectivity index (χ0n) is 23.1. The van der Waals surface area contributed by atoms with Crippen molar-refractivity contribution >= 4 is 29.2 Å². The number of anilines is 2. The molecule has 0 spiro atoms. The molecule has 3 aromatic heterocycles. The van der Waals surface area contributed by atoms with Crippen LogP contribution < -0.4 is 15.8 Å². The van der Waals surface area contributed by atoms with Crippen molar-refractivity contribution in [3.8, 4) is 17.0 Å². The van der Waals surface area contributed by atoms with Gasteiger partial charge in [-0.1, -0.05) is 0 Å². The fourth-order valence-electron chi connectivity index (χ4n) is 5.11. The number of likely N-dealkylation sites (tertiary alicyclic amines) is 1. The molecular formula is C28H27F4N7O4. The second-order valence-electron chi connectivity index (χ2n) is 9.75. The van der Waals surface area contributed by atoms with E-state index in [0.717, 1.165) is 18.3 Å². The minimum absolute atomic E-state index is 0.0423. The van der Waals surface area contributed by atoms with Gasteiger partial charge >= 0.3 is 12.3 Å². The number of hydrogen-bond acceptors (Lipinski definition) is 8. The van der Waals surface area contributed by atoms with Gasteiger partial charge in [-0.25, -0.2) is 24.1 Å². The molecule has 1 aliphatic rings. The lowest BCUT2D eigenvalue weighted by molar-refractivity contribution is -0.137. The number of pyridine rings is 1. The van der Waals surface area contributed by atoms with Crippen molar-refractivity contribution in [2.24, 2.45) is 0 Å². The van der Waals surface area contributed by atoms with E-state index in [-0.39, 0.29) is 46.7 Å². The fraction of sp³-hybridized carbons (Fsp3) is 0.321. The first-order valence-corrected chi connectivity index (χ1v) is 13.3. The number of fused-ring (bicyclic) bond motifs is 1. The van der Waals surface area contributed by atoms with E-state index in [4.69, 9.17) is 20.2 Å². The Hall–Kier alpha value is -4.95. The molecule has 1 atom stereocenters. The number of amides is 2. The summed E-state index contributed by atoms with van der Waals surface area (Å²) < 4.78 is 67.6. The minimum atomic E-state index is -4.64. The lowest BCUT2D eigenvalue weighted by Crippen LogP contribution is -2.39. The molecular weight excluding hydrogens is 574 g/mol. The predicted octanol–water partition coefficient (Wildman–Crippen LogP) is 5.13. The van der Waals surface area contributed by atoms with Crippen molar-refractivity contribution in [3.05, 3.63) is 65.6 Å². The fourth-order valence-corrected chi connectivity index (χ4v) is 5.11. The number of carbonyl (C=O) groups excluding carboxylic acids is 2. The Balaban J connectivity index is 1.56. The number of nitrogens with zero attached hydrogens (tertiary/aromatic N) is 5. The van der Waals surface area contributed by atoms with Crippen molar-refractivity contribution < 1.29 is 36.6 Å². The van der Waals surface area contributed by atoms with Gasteiger partial charge in [0.2, 0.25) is 0 Å². The van der Waals surface area contributed by atoms with Crippen molar-refractivity contribution in [1.82, 2.24) is 24.3 Å².